The van der Waals surface area contributed by atoms with Gasteiger partial charge in [0, 0.05) is 19.4 Å². The van der Waals surface area contributed by atoms with Gasteiger partial charge in [-0.3, -0.25) is 4.99 Å². The molecular formula is C10H21NO. The van der Waals surface area contributed by atoms with E-state index in [1.54, 1.807) is 7.11 Å². The molecule has 12 heavy (non-hydrogen) atoms. The number of hydrogen-bond donors (Lipinski definition) is 0. The van der Waals surface area contributed by atoms with Crippen molar-refractivity contribution in [3.63, 3.8) is 0 Å². The van der Waals surface area contributed by atoms with Crippen LogP contribution in [0.4, 0.5) is 0 Å². The molecule has 0 aromatic rings. The van der Waals surface area contributed by atoms with Gasteiger partial charge in [0.05, 0.1) is 0 Å². The van der Waals surface area contributed by atoms with E-state index in [0.29, 0.717) is 0 Å². The lowest BCUT2D eigenvalue weighted by molar-refractivity contribution is 0.0428. The van der Waals surface area contributed by atoms with E-state index >= 15 is 0 Å². The standard InChI is InChI=1S/C10H21NO/c1-6-10(7-2,12-5)9(4)11-8-3/h6-8H2,1-5H3. The van der Waals surface area contributed by atoms with Gasteiger partial charge >= 0.3 is 0 Å². The van der Waals surface area contributed by atoms with Crippen LogP contribution < -0.4 is 0 Å². The highest BCUT2D eigenvalue weighted by atomic mass is 16.5. The maximum atomic E-state index is 5.52. The Labute approximate surface area is 76.0 Å². The lowest BCUT2D eigenvalue weighted by Crippen LogP contribution is -2.38. The summed E-state index contributed by atoms with van der Waals surface area (Å²) >= 11 is 0. The topological polar surface area (TPSA) is 21.6 Å². The number of nitrogens with zero attached hydrogens (tertiary/aromatic N) is 1. The Morgan fingerprint density at radius 3 is 2.00 bits per heavy atom. The van der Waals surface area contributed by atoms with Gasteiger partial charge in [-0.05, 0) is 26.7 Å². The van der Waals surface area contributed by atoms with Gasteiger partial charge in [-0.1, -0.05) is 13.8 Å². The highest BCUT2D eigenvalue weighted by Crippen LogP contribution is 2.21. The van der Waals surface area contributed by atoms with Crippen molar-refractivity contribution in [3.8, 4) is 0 Å². The van der Waals surface area contributed by atoms with Gasteiger partial charge < -0.3 is 4.74 Å². The van der Waals surface area contributed by atoms with E-state index in [1.807, 2.05) is 0 Å². The minimum absolute atomic E-state index is 0.115. The summed E-state index contributed by atoms with van der Waals surface area (Å²) in [6.07, 6.45) is 1.99. The maximum Gasteiger partial charge on any atom is 0.104 e. The Kier molecular flexibility index (Phi) is 5.14. The molecule has 0 rings (SSSR count). The van der Waals surface area contributed by atoms with E-state index < -0.39 is 0 Å². The zero-order valence-corrected chi connectivity index (χ0v) is 8.98. The minimum atomic E-state index is -0.115. The normalized spacial score (nSPS) is 13.6. The van der Waals surface area contributed by atoms with Crippen LogP contribution in [0.5, 0.6) is 0 Å². The third kappa shape index (κ3) is 2.31. The average molecular weight is 171 g/mol. The number of aliphatic imine (C=N–C) groups is 1. The predicted octanol–water partition coefficient (Wildman–Crippen LogP) is 2.67. The molecular weight excluding hydrogens is 150 g/mol. The van der Waals surface area contributed by atoms with Crippen molar-refractivity contribution in [2.75, 3.05) is 13.7 Å². The second-order valence-electron chi connectivity index (χ2n) is 2.97. The van der Waals surface area contributed by atoms with Gasteiger partial charge in [-0.15, -0.1) is 0 Å². The number of hydrogen-bond acceptors (Lipinski definition) is 2. The lowest BCUT2D eigenvalue weighted by atomic mass is 9.92. The molecule has 0 radical (unpaired) electrons. The molecule has 0 aliphatic heterocycles. The molecule has 0 atom stereocenters. The van der Waals surface area contributed by atoms with E-state index in [0.717, 1.165) is 25.1 Å². The van der Waals surface area contributed by atoms with Crippen LogP contribution in [0.25, 0.3) is 0 Å². The molecule has 0 saturated carbocycles. The van der Waals surface area contributed by atoms with Crippen LogP contribution in [0.2, 0.25) is 0 Å². The number of ether oxygens (including phenoxy) is 1. The second-order valence-corrected chi connectivity index (χ2v) is 2.97. The molecule has 0 saturated heterocycles. The summed E-state index contributed by atoms with van der Waals surface area (Å²) < 4.78 is 5.52. The first-order valence-corrected chi connectivity index (χ1v) is 4.73. The molecule has 2 nitrogen and oxygen atoms in total. The first kappa shape index (κ1) is 11.6. The van der Waals surface area contributed by atoms with Crippen LogP contribution in [0.15, 0.2) is 4.99 Å². The van der Waals surface area contributed by atoms with Crippen LogP contribution in [0, 0.1) is 0 Å². The molecule has 0 fully saturated rings. The highest BCUT2D eigenvalue weighted by Gasteiger charge is 2.28. The maximum absolute atomic E-state index is 5.52. The summed E-state index contributed by atoms with van der Waals surface area (Å²) in [5, 5.41) is 0. The van der Waals surface area contributed by atoms with Crippen molar-refractivity contribution in [3.05, 3.63) is 0 Å². The van der Waals surface area contributed by atoms with Crippen LogP contribution in [0.1, 0.15) is 40.5 Å². The van der Waals surface area contributed by atoms with Gasteiger partial charge in [0.2, 0.25) is 0 Å². The second kappa shape index (κ2) is 5.31. The zero-order chi connectivity index (χ0) is 9.61. The van der Waals surface area contributed by atoms with Crippen LogP contribution in [0.3, 0.4) is 0 Å². The van der Waals surface area contributed by atoms with Crippen LogP contribution in [-0.2, 0) is 4.74 Å². The number of methoxy groups -OCH3 is 1. The summed E-state index contributed by atoms with van der Waals surface area (Å²) in [6.45, 7) is 9.23. The van der Waals surface area contributed by atoms with Gasteiger partial charge in [0.1, 0.15) is 5.60 Å². The molecule has 0 aromatic carbocycles. The average Bonchev–Trinajstić information content (AvgIpc) is 2.09. The monoisotopic (exact) mass is 171 g/mol. The van der Waals surface area contributed by atoms with Crippen molar-refractivity contribution in [2.45, 2.75) is 46.1 Å². The molecule has 0 N–H and O–H groups in total. The van der Waals surface area contributed by atoms with E-state index in [4.69, 9.17) is 4.74 Å². The Morgan fingerprint density at radius 2 is 1.75 bits per heavy atom. The Bertz CT molecular complexity index is 140. The first-order valence-electron chi connectivity index (χ1n) is 4.73. The Balaban J connectivity index is 4.58. The summed E-state index contributed by atoms with van der Waals surface area (Å²) in [6, 6.07) is 0. The number of rotatable bonds is 5. The van der Waals surface area contributed by atoms with Crippen molar-refractivity contribution >= 4 is 5.71 Å². The smallest absolute Gasteiger partial charge is 0.104 e. The van der Waals surface area contributed by atoms with Crippen molar-refractivity contribution in [1.82, 2.24) is 0 Å². The molecule has 0 bridgehead atoms. The van der Waals surface area contributed by atoms with Gasteiger partial charge in [-0.2, -0.15) is 0 Å². The fraction of sp³-hybridized carbons (Fsp3) is 0.900. The fourth-order valence-corrected chi connectivity index (χ4v) is 1.58. The fourth-order valence-electron chi connectivity index (χ4n) is 1.58. The van der Waals surface area contributed by atoms with Gasteiger partial charge in [-0.25, -0.2) is 0 Å². The molecule has 0 amide bonds. The summed E-state index contributed by atoms with van der Waals surface area (Å²) in [5.74, 6) is 0. The molecule has 0 unspecified atom stereocenters. The summed E-state index contributed by atoms with van der Waals surface area (Å²) in [4.78, 5) is 4.40. The lowest BCUT2D eigenvalue weighted by Gasteiger charge is -2.30. The Morgan fingerprint density at radius 1 is 1.25 bits per heavy atom. The van der Waals surface area contributed by atoms with E-state index in [-0.39, 0.29) is 5.60 Å². The first-order chi connectivity index (χ1) is 5.66. The summed E-state index contributed by atoms with van der Waals surface area (Å²) in [7, 11) is 1.77. The molecule has 0 aliphatic rings. The summed E-state index contributed by atoms with van der Waals surface area (Å²) in [5.41, 5.74) is 1.01. The SMILES string of the molecule is CCN=C(C)C(CC)(CC)OC. The van der Waals surface area contributed by atoms with Crippen molar-refractivity contribution in [2.24, 2.45) is 4.99 Å². The van der Waals surface area contributed by atoms with Crippen LogP contribution in [-0.4, -0.2) is 25.0 Å². The van der Waals surface area contributed by atoms with E-state index in [9.17, 15) is 0 Å². The molecule has 0 aliphatic carbocycles. The predicted molar refractivity (Wildman–Crippen MR) is 54.0 cm³/mol. The zero-order valence-electron chi connectivity index (χ0n) is 8.98. The van der Waals surface area contributed by atoms with E-state index in [2.05, 4.69) is 32.7 Å². The quantitative estimate of drug-likeness (QED) is 0.583. The van der Waals surface area contributed by atoms with Crippen molar-refractivity contribution < 1.29 is 4.74 Å². The molecule has 0 heterocycles. The third-order valence-corrected chi connectivity index (χ3v) is 2.59. The van der Waals surface area contributed by atoms with E-state index in [1.165, 1.54) is 0 Å². The largest absolute Gasteiger partial charge is 0.372 e. The third-order valence-electron chi connectivity index (χ3n) is 2.59. The molecule has 0 spiro atoms. The minimum Gasteiger partial charge on any atom is -0.372 e. The Hall–Kier alpha value is -0.370. The van der Waals surface area contributed by atoms with Crippen molar-refractivity contribution in [1.29, 1.82) is 0 Å². The van der Waals surface area contributed by atoms with Gasteiger partial charge in [0.15, 0.2) is 0 Å². The molecule has 2 heteroatoms. The van der Waals surface area contributed by atoms with Crippen LogP contribution >= 0.6 is 0 Å². The van der Waals surface area contributed by atoms with Gasteiger partial charge in [0.25, 0.3) is 0 Å². The molecule has 72 valence electrons. The highest BCUT2D eigenvalue weighted by molar-refractivity contribution is 5.90. The molecule has 0 aromatic heterocycles.